The maximum Gasteiger partial charge on any atom is 0.253 e. The molecule has 1 amide bonds. The molecule has 0 saturated carbocycles. The predicted octanol–water partition coefficient (Wildman–Crippen LogP) is 2.49. The van der Waals surface area contributed by atoms with Crippen LogP contribution >= 0.6 is 0 Å². The number of likely N-dealkylation sites (tertiary alicyclic amines) is 2. The minimum Gasteiger partial charge on any atom is -0.339 e. The topological polar surface area (TPSA) is 23.6 Å². The van der Waals surface area contributed by atoms with Crippen LogP contribution in [0.5, 0.6) is 0 Å². The van der Waals surface area contributed by atoms with Crippen molar-refractivity contribution >= 4 is 5.91 Å². The number of carbonyl (C=O) groups excluding carboxylic acids is 1. The van der Waals surface area contributed by atoms with E-state index < -0.39 is 0 Å². The highest BCUT2D eigenvalue weighted by atomic mass is 16.2. The normalized spacial score (nSPS) is 21.8. The summed E-state index contributed by atoms with van der Waals surface area (Å²) < 4.78 is 0. The Morgan fingerprint density at radius 3 is 2.35 bits per heavy atom. The second-order valence-electron chi connectivity index (χ2n) is 6.11. The van der Waals surface area contributed by atoms with E-state index in [1.807, 2.05) is 35.2 Å². The SMILES string of the molecule is CCN1CC(C2CCN(C(=O)c3ccccc3)CC2)C1. The van der Waals surface area contributed by atoms with Gasteiger partial charge in [-0.25, -0.2) is 0 Å². The van der Waals surface area contributed by atoms with Gasteiger partial charge >= 0.3 is 0 Å². The summed E-state index contributed by atoms with van der Waals surface area (Å²) in [4.78, 5) is 16.9. The number of amides is 1. The first-order chi connectivity index (χ1) is 9.78. The van der Waals surface area contributed by atoms with Crippen molar-refractivity contribution < 1.29 is 4.79 Å². The summed E-state index contributed by atoms with van der Waals surface area (Å²) in [6, 6.07) is 9.67. The van der Waals surface area contributed by atoms with Gasteiger partial charge in [-0.1, -0.05) is 25.1 Å². The van der Waals surface area contributed by atoms with Crippen LogP contribution in [-0.2, 0) is 0 Å². The van der Waals surface area contributed by atoms with Crippen LogP contribution in [0.4, 0.5) is 0 Å². The number of hydrogen-bond acceptors (Lipinski definition) is 2. The third-order valence-electron chi connectivity index (χ3n) is 4.95. The molecule has 0 unspecified atom stereocenters. The Kier molecular flexibility index (Phi) is 4.06. The number of benzene rings is 1. The number of nitrogens with zero attached hydrogens (tertiary/aromatic N) is 2. The zero-order chi connectivity index (χ0) is 13.9. The molecular weight excluding hydrogens is 248 g/mol. The maximum atomic E-state index is 12.4. The first-order valence-corrected chi connectivity index (χ1v) is 7.84. The van der Waals surface area contributed by atoms with Gasteiger partial charge in [0.25, 0.3) is 5.91 Å². The molecule has 108 valence electrons. The van der Waals surface area contributed by atoms with E-state index in [0.717, 1.165) is 30.5 Å². The fraction of sp³-hybridized carbons (Fsp3) is 0.588. The Hall–Kier alpha value is -1.35. The maximum absolute atomic E-state index is 12.4. The molecule has 0 bridgehead atoms. The molecule has 2 aliphatic heterocycles. The smallest absolute Gasteiger partial charge is 0.253 e. The standard InChI is InChI=1S/C17H24N2O/c1-2-18-12-16(13-18)14-8-10-19(11-9-14)17(20)15-6-4-3-5-7-15/h3-7,14,16H,2,8-13H2,1H3. The molecular formula is C17H24N2O. The number of piperidine rings is 1. The molecule has 3 nitrogen and oxygen atoms in total. The van der Waals surface area contributed by atoms with Gasteiger partial charge < -0.3 is 9.80 Å². The summed E-state index contributed by atoms with van der Waals surface area (Å²) in [6.45, 7) is 7.82. The molecule has 0 aliphatic carbocycles. The van der Waals surface area contributed by atoms with Crippen LogP contribution in [0.15, 0.2) is 30.3 Å². The molecule has 2 fully saturated rings. The average Bonchev–Trinajstić information content (AvgIpc) is 2.47. The molecule has 0 spiro atoms. The molecule has 1 aromatic rings. The van der Waals surface area contributed by atoms with Crippen molar-refractivity contribution in [1.82, 2.24) is 9.80 Å². The zero-order valence-corrected chi connectivity index (χ0v) is 12.3. The van der Waals surface area contributed by atoms with Crippen molar-refractivity contribution in [2.24, 2.45) is 11.8 Å². The first kappa shape index (κ1) is 13.6. The Labute approximate surface area is 121 Å². The van der Waals surface area contributed by atoms with Crippen molar-refractivity contribution in [3.8, 4) is 0 Å². The lowest BCUT2D eigenvalue weighted by molar-refractivity contribution is 0.0294. The quantitative estimate of drug-likeness (QED) is 0.844. The van der Waals surface area contributed by atoms with Gasteiger partial charge in [0.15, 0.2) is 0 Å². The summed E-state index contributed by atoms with van der Waals surface area (Å²) >= 11 is 0. The van der Waals surface area contributed by atoms with Crippen molar-refractivity contribution in [3.05, 3.63) is 35.9 Å². The van der Waals surface area contributed by atoms with E-state index in [0.29, 0.717) is 0 Å². The molecule has 2 heterocycles. The lowest BCUT2D eigenvalue weighted by atomic mass is 9.79. The molecule has 2 saturated heterocycles. The van der Waals surface area contributed by atoms with Crippen molar-refractivity contribution in [1.29, 1.82) is 0 Å². The van der Waals surface area contributed by atoms with E-state index in [4.69, 9.17) is 0 Å². The molecule has 0 radical (unpaired) electrons. The van der Waals surface area contributed by atoms with Crippen molar-refractivity contribution in [3.63, 3.8) is 0 Å². The summed E-state index contributed by atoms with van der Waals surface area (Å²) in [7, 11) is 0. The number of rotatable bonds is 3. The second-order valence-corrected chi connectivity index (χ2v) is 6.11. The van der Waals surface area contributed by atoms with Crippen LogP contribution in [-0.4, -0.2) is 48.4 Å². The summed E-state index contributed by atoms with van der Waals surface area (Å²) in [5.74, 6) is 1.91. The molecule has 2 aliphatic rings. The van der Waals surface area contributed by atoms with Gasteiger partial charge in [0.1, 0.15) is 0 Å². The predicted molar refractivity (Wildman–Crippen MR) is 80.7 cm³/mol. The van der Waals surface area contributed by atoms with Gasteiger partial charge in [-0.05, 0) is 43.4 Å². The molecule has 0 N–H and O–H groups in total. The minimum absolute atomic E-state index is 0.202. The van der Waals surface area contributed by atoms with Gasteiger partial charge in [0.2, 0.25) is 0 Å². The van der Waals surface area contributed by atoms with Gasteiger partial charge in [0, 0.05) is 31.7 Å². The zero-order valence-electron chi connectivity index (χ0n) is 12.3. The van der Waals surface area contributed by atoms with Crippen molar-refractivity contribution in [2.45, 2.75) is 19.8 Å². The largest absolute Gasteiger partial charge is 0.339 e. The lowest BCUT2D eigenvalue weighted by Crippen LogP contribution is -2.52. The molecule has 0 atom stereocenters. The molecule has 20 heavy (non-hydrogen) atoms. The molecule has 1 aromatic carbocycles. The van der Waals surface area contributed by atoms with E-state index in [2.05, 4.69) is 11.8 Å². The molecule has 3 rings (SSSR count). The highest BCUT2D eigenvalue weighted by molar-refractivity contribution is 5.94. The van der Waals surface area contributed by atoms with E-state index in [1.54, 1.807) is 0 Å². The Morgan fingerprint density at radius 1 is 1.10 bits per heavy atom. The first-order valence-electron chi connectivity index (χ1n) is 7.84. The van der Waals surface area contributed by atoms with Crippen LogP contribution in [0, 0.1) is 11.8 Å². The third kappa shape index (κ3) is 2.73. The Morgan fingerprint density at radius 2 is 1.75 bits per heavy atom. The third-order valence-corrected chi connectivity index (χ3v) is 4.95. The van der Waals surface area contributed by atoms with Crippen molar-refractivity contribution in [2.75, 3.05) is 32.7 Å². The van der Waals surface area contributed by atoms with Crippen LogP contribution in [0.25, 0.3) is 0 Å². The Bertz CT molecular complexity index is 445. The number of carbonyl (C=O) groups is 1. The van der Waals surface area contributed by atoms with Gasteiger partial charge in [-0.15, -0.1) is 0 Å². The molecule has 0 aromatic heterocycles. The van der Waals surface area contributed by atoms with Gasteiger partial charge in [-0.2, -0.15) is 0 Å². The Balaban J connectivity index is 1.50. The summed E-state index contributed by atoms with van der Waals surface area (Å²) in [5.41, 5.74) is 0.826. The van der Waals surface area contributed by atoms with E-state index in [9.17, 15) is 4.79 Å². The second kappa shape index (κ2) is 5.96. The van der Waals surface area contributed by atoms with Crippen LogP contribution in [0.2, 0.25) is 0 Å². The minimum atomic E-state index is 0.202. The number of hydrogen-bond donors (Lipinski definition) is 0. The van der Waals surface area contributed by atoms with Gasteiger partial charge in [0.05, 0.1) is 0 Å². The van der Waals surface area contributed by atoms with Gasteiger partial charge in [-0.3, -0.25) is 4.79 Å². The highest BCUT2D eigenvalue weighted by Gasteiger charge is 2.35. The van der Waals surface area contributed by atoms with E-state index in [1.165, 1.54) is 32.5 Å². The van der Waals surface area contributed by atoms with Crippen LogP contribution in [0.3, 0.4) is 0 Å². The lowest BCUT2D eigenvalue weighted by Gasteiger charge is -2.45. The summed E-state index contributed by atoms with van der Waals surface area (Å²) in [6.07, 6.45) is 2.36. The molecule has 3 heteroatoms. The fourth-order valence-electron chi connectivity index (χ4n) is 3.50. The monoisotopic (exact) mass is 272 g/mol. The van der Waals surface area contributed by atoms with E-state index >= 15 is 0 Å². The van der Waals surface area contributed by atoms with Crippen LogP contribution < -0.4 is 0 Å². The van der Waals surface area contributed by atoms with Crippen LogP contribution in [0.1, 0.15) is 30.1 Å². The summed E-state index contributed by atoms with van der Waals surface area (Å²) in [5, 5.41) is 0. The highest BCUT2D eigenvalue weighted by Crippen LogP contribution is 2.31. The fourth-order valence-corrected chi connectivity index (χ4v) is 3.50. The average molecular weight is 272 g/mol. The van der Waals surface area contributed by atoms with E-state index in [-0.39, 0.29) is 5.91 Å².